The minimum Gasteiger partial charge on any atom is -0.477 e. The number of nitrogens with one attached hydrogen (secondary N) is 1. The third-order valence-corrected chi connectivity index (χ3v) is 3.29. The average Bonchev–Trinajstić information content (AvgIpc) is 2.86. The maximum Gasteiger partial charge on any atom is 0.352 e. The van der Waals surface area contributed by atoms with Crippen molar-refractivity contribution in [2.75, 3.05) is 0 Å². The molecule has 2 rings (SSSR count). The third-order valence-electron chi connectivity index (χ3n) is 3.29. The summed E-state index contributed by atoms with van der Waals surface area (Å²) in [7, 11) is 0. The van der Waals surface area contributed by atoms with Gasteiger partial charge in [0.2, 0.25) is 5.91 Å². The van der Waals surface area contributed by atoms with Crippen molar-refractivity contribution >= 4 is 11.9 Å². The van der Waals surface area contributed by atoms with Crippen LogP contribution in [0.5, 0.6) is 0 Å². The molecule has 2 atom stereocenters. The van der Waals surface area contributed by atoms with Crippen LogP contribution in [-0.2, 0) is 11.3 Å². The fourth-order valence-electron chi connectivity index (χ4n) is 2.27. The second kappa shape index (κ2) is 5.25. The van der Waals surface area contributed by atoms with Gasteiger partial charge in [0, 0.05) is 12.2 Å². The smallest absolute Gasteiger partial charge is 0.352 e. The predicted octanol–water partition coefficient (Wildman–Crippen LogP) is 1.49. The number of nitrogens with zero attached hydrogens (tertiary/aromatic N) is 1. The highest BCUT2D eigenvalue weighted by Gasteiger charge is 2.37. The summed E-state index contributed by atoms with van der Waals surface area (Å²) < 4.78 is 1.45. The molecule has 1 saturated carbocycles. The molecule has 18 heavy (non-hydrogen) atoms. The molecule has 0 bridgehead atoms. The predicted molar refractivity (Wildman–Crippen MR) is 66.3 cm³/mol. The minimum absolute atomic E-state index is 0.0734. The molecule has 5 nitrogen and oxygen atoms in total. The molecule has 1 fully saturated rings. The van der Waals surface area contributed by atoms with Crippen molar-refractivity contribution in [2.24, 2.45) is 5.92 Å². The lowest BCUT2D eigenvalue weighted by atomic mass is 10.2. The minimum atomic E-state index is -1.01. The van der Waals surface area contributed by atoms with E-state index in [1.165, 1.54) is 10.6 Å². The fraction of sp³-hybridized carbons (Fsp3) is 0.538. The molecule has 1 aliphatic rings. The Hall–Kier alpha value is -1.78. The van der Waals surface area contributed by atoms with Crippen LogP contribution in [0.15, 0.2) is 18.3 Å². The Morgan fingerprint density at radius 2 is 2.33 bits per heavy atom. The Balaban J connectivity index is 1.84. The Kier molecular flexibility index (Phi) is 3.69. The van der Waals surface area contributed by atoms with E-state index in [9.17, 15) is 9.59 Å². The first-order valence-corrected chi connectivity index (χ1v) is 6.29. The maximum absolute atomic E-state index is 11.8. The van der Waals surface area contributed by atoms with Gasteiger partial charge in [-0.2, -0.15) is 0 Å². The highest BCUT2D eigenvalue weighted by Crippen LogP contribution is 2.34. The van der Waals surface area contributed by atoms with Gasteiger partial charge >= 0.3 is 5.97 Å². The van der Waals surface area contributed by atoms with Crippen LogP contribution in [0, 0.1) is 5.92 Å². The summed E-state index contributed by atoms with van der Waals surface area (Å²) in [5.41, 5.74) is 0.144. The van der Waals surface area contributed by atoms with E-state index in [2.05, 4.69) is 12.2 Å². The second-order valence-corrected chi connectivity index (χ2v) is 4.78. The Bertz CT molecular complexity index is 453. The summed E-state index contributed by atoms with van der Waals surface area (Å²) in [4.78, 5) is 22.6. The normalized spacial score (nSPS) is 21.6. The van der Waals surface area contributed by atoms with Crippen molar-refractivity contribution in [2.45, 2.75) is 38.8 Å². The molecule has 2 N–H and O–H groups in total. The van der Waals surface area contributed by atoms with Gasteiger partial charge < -0.3 is 15.0 Å². The zero-order chi connectivity index (χ0) is 13.1. The van der Waals surface area contributed by atoms with Crippen LogP contribution in [-0.4, -0.2) is 27.6 Å². The topological polar surface area (TPSA) is 71.3 Å². The van der Waals surface area contributed by atoms with Crippen LogP contribution in [0.2, 0.25) is 0 Å². The van der Waals surface area contributed by atoms with E-state index in [-0.39, 0.29) is 18.1 Å². The number of hydrogen-bond acceptors (Lipinski definition) is 2. The number of carbonyl (C=O) groups is 2. The summed E-state index contributed by atoms with van der Waals surface area (Å²) in [6.07, 6.45) is 4.95. The maximum atomic E-state index is 11.8. The molecule has 0 radical (unpaired) electrons. The van der Waals surface area contributed by atoms with E-state index < -0.39 is 5.97 Å². The molecular weight excluding hydrogens is 232 g/mol. The second-order valence-electron chi connectivity index (χ2n) is 4.78. The van der Waals surface area contributed by atoms with Gasteiger partial charge in [-0.15, -0.1) is 0 Å². The summed E-state index contributed by atoms with van der Waals surface area (Å²) >= 11 is 0. The number of carbonyl (C=O) groups excluding carboxylic acids is 1. The summed E-state index contributed by atoms with van der Waals surface area (Å²) in [5, 5.41) is 11.9. The Morgan fingerprint density at radius 1 is 1.56 bits per heavy atom. The first kappa shape index (κ1) is 12.7. The van der Waals surface area contributed by atoms with Crippen LogP contribution in [0.3, 0.4) is 0 Å². The molecule has 1 heterocycles. The number of aromatic carboxylic acids is 1. The average molecular weight is 250 g/mol. The first-order chi connectivity index (χ1) is 8.61. The number of carboxylic acids is 1. The van der Waals surface area contributed by atoms with Gasteiger partial charge in [-0.25, -0.2) is 4.79 Å². The van der Waals surface area contributed by atoms with Crippen molar-refractivity contribution in [1.82, 2.24) is 9.88 Å². The zero-order valence-electron chi connectivity index (χ0n) is 10.4. The van der Waals surface area contributed by atoms with E-state index in [1.54, 1.807) is 12.3 Å². The largest absolute Gasteiger partial charge is 0.477 e. The Morgan fingerprint density at radius 3 is 3.00 bits per heavy atom. The van der Waals surface area contributed by atoms with Crippen LogP contribution in [0.25, 0.3) is 0 Å². The molecule has 0 aromatic carbocycles. The van der Waals surface area contributed by atoms with E-state index in [0.29, 0.717) is 12.0 Å². The molecule has 1 aromatic rings. The van der Waals surface area contributed by atoms with Gasteiger partial charge in [0.05, 0.1) is 0 Å². The van der Waals surface area contributed by atoms with Crippen molar-refractivity contribution in [3.63, 3.8) is 0 Å². The number of carboxylic acid groups (broad SMARTS) is 1. The van der Waals surface area contributed by atoms with Crippen molar-refractivity contribution < 1.29 is 14.7 Å². The highest BCUT2D eigenvalue weighted by molar-refractivity contribution is 5.87. The Labute approximate surface area is 106 Å². The van der Waals surface area contributed by atoms with Gasteiger partial charge in [-0.3, -0.25) is 4.79 Å². The van der Waals surface area contributed by atoms with Crippen LogP contribution in [0.1, 0.15) is 36.7 Å². The molecule has 0 saturated heterocycles. The summed E-state index contributed by atoms with van der Waals surface area (Å²) in [5.74, 6) is -0.511. The van der Waals surface area contributed by atoms with Gasteiger partial charge in [-0.1, -0.05) is 13.3 Å². The molecule has 98 valence electrons. The molecule has 0 aliphatic heterocycles. The number of amides is 1. The summed E-state index contributed by atoms with van der Waals surface area (Å²) in [6.45, 7) is 2.21. The van der Waals surface area contributed by atoms with E-state index in [1.807, 2.05) is 0 Å². The van der Waals surface area contributed by atoms with E-state index in [4.69, 9.17) is 5.11 Å². The third kappa shape index (κ3) is 2.91. The van der Waals surface area contributed by atoms with E-state index >= 15 is 0 Å². The number of hydrogen-bond donors (Lipinski definition) is 2. The number of aromatic nitrogens is 1. The van der Waals surface area contributed by atoms with Gasteiger partial charge in [-0.05, 0) is 30.9 Å². The number of rotatable bonds is 6. The van der Waals surface area contributed by atoms with Crippen LogP contribution in [0.4, 0.5) is 0 Å². The molecular formula is C13H18N2O3. The van der Waals surface area contributed by atoms with Crippen molar-refractivity contribution in [1.29, 1.82) is 0 Å². The SMILES string of the molecule is CCCC1CC1NC(=O)Cn1cccc1C(=O)O. The zero-order valence-corrected chi connectivity index (χ0v) is 10.4. The van der Waals surface area contributed by atoms with Crippen LogP contribution >= 0.6 is 0 Å². The molecule has 1 aromatic heterocycles. The summed E-state index contributed by atoms with van der Waals surface area (Å²) in [6, 6.07) is 3.42. The lowest BCUT2D eigenvalue weighted by Crippen LogP contribution is -2.31. The molecule has 5 heteroatoms. The molecule has 2 unspecified atom stereocenters. The lowest BCUT2D eigenvalue weighted by molar-refractivity contribution is -0.121. The quantitative estimate of drug-likeness (QED) is 0.803. The monoisotopic (exact) mass is 250 g/mol. The van der Waals surface area contributed by atoms with Gasteiger partial charge in [0.25, 0.3) is 0 Å². The van der Waals surface area contributed by atoms with Gasteiger partial charge in [0.1, 0.15) is 12.2 Å². The molecule has 1 amide bonds. The molecule has 0 spiro atoms. The first-order valence-electron chi connectivity index (χ1n) is 6.29. The fourth-order valence-corrected chi connectivity index (χ4v) is 2.27. The van der Waals surface area contributed by atoms with E-state index in [0.717, 1.165) is 19.3 Å². The highest BCUT2D eigenvalue weighted by atomic mass is 16.4. The van der Waals surface area contributed by atoms with Gasteiger partial charge in [0.15, 0.2) is 0 Å². The lowest BCUT2D eigenvalue weighted by Gasteiger charge is -2.07. The molecule has 1 aliphatic carbocycles. The van der Waals surface area contributed by atoms with Crippen molar-refractivity contribution in [3.8, 4) is 0 Å². The standard InChI is InChI=1S/C13H18N2O3/c1-2-4-9-7-10(9)14-12(16)8-15-6-3-5-11(15)13(17)18/h3,5-6,9-10H,2,4,7-8H2,1H3,(H,14,16)(H,17,18). The van der Waals surface area contributed by atoms with Crippen LogP contribution < -0.4 is 5.32 Å². The van der Waals surface area contributed by atoms with Crippen molar-refractivity contribution in [3.05, 3.63) is 24.0 Å².